The number of carboxylic acid groups (broad SMARTS) is 1. The third-order valence-electron chi connectivity index (χ3n) is 2.21. The summed E-state index contributed by atoms with van der Waals surface area (Å²) >= 11 is 4.65. The average molecular weight is 301 g/mol. The van der Waals surface area contributed by atoms with Crippen molar-refractivity contribution in [2.45, 2.75) is 13.8 Å². The van der Waals surface area contributed by atoms with Crippen LogP contribution in [0, 0.1) is 13.8 Å². The van der Waals surface area contributed by atoms with Crippen molar-refractivity contribution in [1.29, 1.82) is 0 Å². The number of carboxylic acids is 1. The molecule has 0 atom stereocenters. The molecule has 0 unspecified atom stereocenters. The Morgan fingerprint density at radius 3 is 2.62 bits per heavy atom. The van der Waals surface area contributed by atoms with Gasteiger partial charge in [-0.15, -0.1) is 11.3 Å². The molecule has 0 bridgehead atoms. The highest BCUT2D eigenvalue weighted by molar-refractivity contribution is 9.10. The molecule has 84 valence electrons. The maximum absolute atomic E-state index is 10.8. The maximum Gasteiger partial charge on any atom is 0.345 e. The SMILES string of the molecule is Cc1nn(-c2ccc(C(=O)O)s2)c(C)c1Br. The summed E-state index contributed by atoms with van der Waals surface area (Å²) in [5.74, 6) is -0.906. The van der Waals surface area contributed by atoms with Gasteiger partial charge < -0.3 is 5.11 Å². The molecular formula is C10H9BrN2O2S. The standard InChI is InChI=1S/C10H9BrN2O2S/c1-5-9(11)6(2)13(12-5)8-4-3-7(16-8)10(14)15/h3-4H,1-2H3,(H,14,15). The molecule has 2 aromatic rings. The second-order valence-electron chi connectivity index (χ2n) is 3.34. The van der Waals surface area contributed by atoms with Gasteiger partial charge in [0, 0.05) is 0 Å². The van der Waals surface area contributed by atoms with Gasteiger partial charge in [-0.3, -0.25) is 0 Å². The molecule has 0 amide bonds. The van der Waals surface area contributed by atoms with Crippen LogP contribution in [0.1, 0.15) is 21.1 Å². The van der Waals surface area contributed by atoms with Gasteiger partial charge in [0.2, 0.25) is 0 Å². The van der Waals surface area contributed by atoms with E-state index in [0.29, 0.717) is 4.88 Å². The smallest absolute Gasteiger partial charge is 0.345 e. The van der Waals surface area contributed by atoms with Crippen LogP contribution in [0.15, 0.2) is 16.6 Å². The van der Waals surface area contributed by atoms with Crippen molar-refractivity contribution in [3.8, 4) is 5.00 Å². The van der Waals surface area contributed by atoms with E-state index in [9.17, 15) is 4.79 Å². The molecule has 0 spiro atoms. The molecular weight excluding hydrogens is 292 g/mol. The fourth-order valence-corrected chi connectivity index (χ4v) is 2.49. The number of rotatable bonds is 2. The number of aryl methyl sites for hydroxylation is 1. The van der Waals surface area contributed by atoms with Crippen LogP contribution < -0.4 is 0 Å². The third-order valence-corrected chi connectivity index (χ3v) is 4.41. The lowest BCUT2D eigenvalue weighted by Crippen LogP contribution is -1.96. The lowest BCUT2D eigenvalue weighted by atomic mass is 10.4. The largest absolute Gasteiger partial charge is 0.477 e. The van der Waals surface area contributed by atoms with Gasteiger partial charge in [0.05, 0.1) is 15.9 Å². The van der Waals surface area contributed by atoms with Crippen molar-refractivity contribution in [2.24, 2.45) is 0 Å². The van der Waals surface area contributed by atoms with E-state index in [-0.39, 0.29) is 0 Å². The Morgan fingerprint density at radius 2 is 2.19 bits per heavy atom. The first-order chi connectivity index (χ1) is 7.50. The van der Waals surface area contributed by atoms with E-state index < -0.39 is 5.97 Å². The molecule has 1 N–H and O–H groups in total. The van der Waals surface area contributed by atoms with Gasteiger partial charge in [-0.25, -0.2) is 9.48 Å². The summed E-state index contributed by atoms with van der Waals surface area (Å²) in [4.78, 5) is 11.1. The Labute approximate surface area is 105 Å². The van der Waals surface area contributed by atoms with Crippen LogP contribution in [0.3, 0.4) is 0 Å². The van der Waals surface area contributed by atoms with Gasteiger partial charge in [0.15, 0.2) is 0 Å². The van der Waals surface area contributed by atoms with Crippen LogP contribution in [0.5, 0.6) is 0 Å². The van der Waals surface area contributed by atoms with Crippen LogP contribution in [0.25, 0.3) is 5.00 Å². The highest BCUT2D eigenvalue weighted by atomic mass is 79.9. The highest BCUT2D eigenvalue weighted by Crippen LogP contribution is 2.26. The molecule has 2 aromatic heterocycles. The number of carbonyl (C=O) groups is 1. The van der Waals surface area contributed by atoms with Gasteiger partial charge in [-0.1, -0.05) is 0 Å². The van der Waals surface area contributed by atoms with Gasteiger partial charge in [-0.2, -0.15) is 5.10 Å². The minimum atomic E-state index is -0.906. The van der Waals surface area contributed by atoms with Gasteiger partial charge in [-0.05, 0) is 41.9 Å². The minimum Gasteiger partial charge on any atom is -0.477 e. The molecule has 4 nitrogen and oxygen atoms in total. The highest BCUT2D eigenvalue weighted by Gasteiger charge is 2.13. The molecule has 0 radical (unpaired) electrons. The van der Waals surface area contributed by atoms with Gasteiger partial charge in [0.25, 0.3) is 0 Å². The maximum atomic E-state index is 10.8. The summed E-state index contributed by atoms with van der Waals surface area (Å²) in [5.41, 5.74) is 1.86. The fraction of sp³-hybridized carbons (Fsp3) is 0.200. The zero-order chi connectivity index (χ0) is 11.9. The van der Waals surface area contributed by atoms with Crippen LogP contribution in [0.4, 0.5) is 0 Å². The van der Waals surface area contributed by atoms with Crippen LogP contribution >= 0.6 is 27.3 Å². The molecule has 6 heteroatoms. The van der Waals surface area contributed by atoms with Crippen molar-refractivity contribution in [1.82, 2.24) is 9.78 Å². The number of nitrogens with zero attached hydrogens (tertiary/aromatic N) is 2. The van der Waals surface area contributed by atoms with Crippen molar-refractivity contribution in [3.63, 3.8) is 0 Å². The van der Waals surface area contributed by atoms with Crippen LogP contribution in [0.2, 0.25) is 0 Å². The predicted octanol–water partition coefficient (Wildman–Crippen LogP) is 3.01. The Morgan fingerprint density at radius 1 is 1.50 bits per heavy atom. The van der Waals surface area contributed by atoms with Crippen molar-refractivity contribution in [3.05, 3.63) is 32.9 Å². The Bertz CT molecular complexity index is 559. The van der Waals surface area contributed by atoms with E-state index >= 15 is 0 Å². The Hall–Kier alpha value is -1.14. The second kappa shape index (κ2) is 4.03. The van der Waals surface area contributed by atoms with E-state index in [0.717, 1.165) is 20.9 Å². The Kier molecular flexibility index (Phi) is 2.86. The van der Waals surface area contributed by atoms with Crippen molar-refractivity contribution in [2.75, 3.05) is 0 Å². The number of aromatic nitrogens is 2. The molecule has 0 aliphatic heterocycles. The fourth-order valence-electron chi connectivity index (χ4n) is 1.39. The first kappa shape index (κ1) is 11.3. The number of hydrogen-bond acceptors (Lipinski definition) is 3. The van der Waals surface area contributed by atoms with E-state index in [1.807, 2.05) is 13.8 Å². The molecule has 0 saturated carbocycles. The summed E-state index contributed by atoms with van der Waals surface area (Å²) in [6, 6.07) is 3.35. The molecule has 2 rings (SSSR count). The van der Waals surface area contributed by atoms with E-state index in [2.05, 4.69) is 21.0 Å². The first-order valence-corrected chi connectivity index (χ1v) is 6.17. The third kappa shape index (κ3) is 1.78. The summed E-state index contributed by atoms with van der Waals surface area (Å²) in [5, 5.41) is 14.0. The van der Waals surface area contributed by atoms with Crippen molar-refractivity contribution >= 4 is 33.2 Å². The quantitative estimate of drug-likeness (QED) is 0.927. The normalized spacial score (nSPS) is 10.7. The second-order valence-corrected chi connectivity index (χ2v) is 5.19. The van der Waals surface area contributed by atoms with E-state index in [4.69, 9.17) is 5.11 Å². The summed E-state index contributed by atoms with van der Waals surface area (Å²) < 4.78 is 2.70. The zero-order valence-electron chi connectivity index (χ0n) is 8.69. The summed E-state index contributed by atoms with van der Waals surface area (Å²) in [6.07, 6.45) is 0. The molecule has 0 aliphatic carbocycles. The molecule has 0 aromatic carbocycles. The number of halogens is 1. The lowest BCUT2D eigenvalue weighted by Gasteiger charge is -1.98. The molecule has 0 fully saturated rings. The number of hydrogen-bond donors (Lipinski definition) is 1. The minimum absolute atomic E-state index is 0.318. The number of thiophene rings is 1. The first-order valence-electron chi connectivity index (χ1n) is 4.56. The lowest BCUT2D eigenvalue weighted by molar-refractivity contribution is 0.0702. The topological polar surface area (TPSA) is 55.1 Å². The van der Waals surface area contributed by atoms with Crippen LogP contribution in [-0.2, 0) is 0 Å². The van der Waals surface area contributed by atoms with Gasteiger partial charge >= 0.3 is 5.97 Å². The van der Waals surface area contributed by atoms with Gasteiger partial charge in [0.1, 0.15) is 9.88 Å². The summed E-state index contributed by atoms with van der Waals surface area (Å²) in [7, 11) is 0. The molecule has 0 saturated heterocycles. The van der Waals surface area contributed by atoms with E-state index in [1.54, 1.807) is 16.8 Å². The van der Waals surface area contributed by atoms with E-state index in [1.165, 1.54) is 11.3 Å². The predicted molar refractivity (Wildman–Crippen MR) is 65.6 cm³/mol. The van der Waals surface area contributed by atoms with Crippen LogP contribution in [-0.4, -0.2) is 20.9 Å². The zero-order valence-corrected chi connectivity index (χ0v) is 11.1. The average Bonchev–Trinajstić information content (AvgIpc) is 2.79. The molecule has 16 heavy (non-hydrogen) atoms. The number of aromatic carboxylic acids is 1. The summed E-state index contributed by atoms with van der Waals surface area (Å²) in [6.45, 7) is 3.84. The monoisotopic (exact) mass is 300 g/mol. The molecule has 0 aliphatic rings. The Balaban J connectivity index is 2.50. The molecule has 2 heterocycles. The van der Waals surface area contributed by atoms with Crippen molar-refractivity contribution < 1.29 is 9.90 Å².